The van der Waals surface area contributed by atoms with Crippen molar-refractivity contribution in [2.24, 2.45) is 16.1 Å². The second kappa shape index (κ2) is 5.73. The first kappa shape index (κ1) is 14.3. The van der Waals surface area contributed by atoms with Crippen molar-refractivity contribution in [3.05, 3.63) is 52.7 Å². The Labute approximate surface area is 140 Å². The Morgan fingerprint density at radius 2 is 2.17 bits per heavy atom. The van der Waals surface area contributed by atoms with Gasteiger partial charge >= 0.3 is 0 Å². The van der Waals surface area contributed by atoms with Gasteiger partial charge in [0.05, 0.1) is 10.6 Å². The molecule has 7 nitrogen and oxygen atoms in total. The summed E-state index contributed by atoms with van der Waals surface area (Å²) in [4.78, 5) is 5.30. The van der Waals surface area contributed by atoms with Crippen molar-refractivity contribution in [1.29, 1.82) is 0 Å². The van der Waals surface area contributed by atoms with E-state index in [1.165, 1.54) is 11.3 Å². The second-order valence-electron chi connectivity index (χ2n) is 4.90. The Bertz CT molecular complexity index is 849. The Kier molecular flexibility index (Phi) is 3.56. The molecule has 0 saturated heterocycles. The fraction of sp³-hybridized carbons (Fsp3) is 0.143. The highest BCUT2D eigenvalue weighted by Crippen LogP contribution is 2.33. The minimum absolute atomic E-state index is 0.342. The number of hydrogen-bond acceptors (Lipinski definition) is 8. The zero-order chi connectivity index (χ0) is 15.8. The van der Waals surface area contributed by atoms with E-state index in [0.29, 0.717) is 16.7 Å². The molecule has 0 aliphatic carbocycles. The maximum absolute atomic E-state index is 6.24. The lowest BCUT2D eigenvalue weighted by Gasteiger charge is -2.20. The third-order valence-electron chi connectivity index (χ3n) is 3.39. The Hall–Kier alpha value is -2.29. The summed E-state index contributed by atoms with van der Waals surface area (Å²) in [5.74, 6) is 0.868. The monoisotopic (exact) mass is 346 g/mol. The molecule has 0 spiro atoms. The Morgan fingerprint density at radius 3 is 2.96 bits per heavy atom. The summed E-state index contributed by atoms with van der Waals surface area (Å²) in [6.07, 6.45) is -0.537. The van der Waals surface area contributed by atoms with Gasteiger partial charge in [-0.2, -0.15) is 10.1 Å². The molecule has 1 aliphatic rings. The van der Waals surface area contributed by atoms with Gasteiger partial charge in [0.15, 0.2) is 6.04 Å². The smallest absolute Gasteiger partial charge is 0.257 e. The molecule has 3 aromatic rings. The Morgan fingerprint density at radius 1 is 1.26 bits per heavy atom. The van der Waals surface area contributed by atoms with Crippen molar-refractivity contribution in [3.8, 4) is 10.7 Å². The minimum atomic E-state index is -0.537. The predicted molar refractivity (Wildman–Crippen MR) is 87.1 cm³/mol. The van der Waals surface area contributed by atoms with Crippen LogP contribution in [-0.4, -0.2) is 16.3 Å². The normalized spacial score (nSPS) is 20.3. The van der Waals surface area contributed by atoms with E-state index >= 15 is 0 Å². The van der Waals surface area contributed by atoms with E-state index in [4.69, 9.17) is 21.9 Å². The van der Waals surface area contributed by atoms with Gasteiger partial charge in [0.2, 0.25) is 5.82 Å². The number of aromatic nitrogens is 2. The number of rotatable bonds is 3. The van der Waals surface area contributed by atoms with Crippen molar-refractivity contribution < 1.29 is 4.52 Å². The predicted octanol–water partition coefficient (Wildman–Crippen LogP) is 3.66. The van der Waals surface area contributed by atoms with E-state index in [-0.39, 0.29) is 0 Å². The molecule has 23 heavy (non-hydrogen) atoms. The number of hydrogen-bond donors (Lipinski definition) is 1. The van der Waals surface area contributed by atoms with Gasteiger partial charge in [0.1, 0.15) is 6.17 Å². The van der Waals surface area contributed by atoms with Crippen molar-refractivity contribution in [2.75, 3.05) is 5.01 Å². The van der Waals surface area contributed by atoms with E-state index in [9.17, 15) is 0 Å². The van der Waals surface area contributed by atoms with Crippen LogP contribution < -0.4 is 10.7 Å². The zero-order valence-corrected chi connectivity index (χ0v) is 13.3. The highest BCUT2D eigenvalue weighted by Gasteiger charge is 2.36. The van der Waals surface area contributed by atoms with Crippen LogP contribution in [0.2, 0.25) is 5.02 Å². The molecule has 0 radical (unpaired) electrons. The van der Waals surface area contributed by atoms with Gasteiger partial charge in [-0.25, -0.2) is 5.01 Å². The van der Waals surface area contributed by atoms with Crippen LogP contribution in [0.5, 0.6) is 0 Å². The molecule has 4 rings (SSSR count). The van der Waals surface area contributed by atoms with Crippen LogP contribution in [0.1, 0.15) is 11.9 Å². The number of anilines is 1. The average Bonchev–Trinajstić information content (AvgIpc) is 3.27. The van der Waals surface area contributed by atoms with Crippen LogP contribution in [0.25, 0.3) is 10.7 Å². The van der Waals surface area contributed by atoms with Crippen molar-refractivity contribution in [3.63, 3.8) is 0 Å². The van der Waals surface area contributed by atoms with Gasteiger partial charge < -0.3 is 10.3 Å². The minimum Gasteiger partial charge on any atom is -0.336 e. The molecule has 116 valence electrons. The molecule has 0 fully saturated rings. The summed E-state index contributed by atoms with van der Waals surface area (Å²) >= 11 is 7.54. The molecule has 3 heterocycles. The van der Waals surface area contributed by atoms with Crippen LogP contribution >= 0.6 is 22.9 Å². The first-order chi connectivity index (χ1) is 11.2. The van der Waals surface area contributed by atoms with Crippen LogP contribution in [0, 0.1) is 0 Å². The van der Waals surface area contributed by atoms with Crippen LogP contribution in [0.15, 0.2) is 56.6 Å². The van der Waals surface area contributed by atoms with Gasteiger partial charge in [0.25, 0.3) is 5.89 Å². The molecule has 2 N–H and O–H groups in total. The molecule has 1 aliphatic heterocycles. The summed E-state index contributed by atoms with van der Waals surface area (Å²) in [5, 5.41) is 16.4. The molecule has 2 atom stereocenters. The molecular weight excluding hydrogens is 336 g/mol. The maximum atomic E-state index is 6.24. The molecule has 0 bridgehead atoms. The van der Waals surface area contributed by atoms with E-state index in [2.05, 4.69) is 20.5 Å². The highest BCUT2D eigenvalue weighted by atomic mass is 35.5. The fourth-order valence-corrected chi connectivity index (χ4v) is 3.11. The molecule has 9 heteroatoms. The number of halogens is 1. The van der Waals surface area contributed by atoms with Gasteiger partial charge in [-0.05, 0) is 29.6 Å². The molecule has 0 amide bonds. The van der Waals surface area contributed by atoms with Crippen LogP contribution in [0.3, 0.4) is 0 Å². The van der Waals surface area contributed by atoms with Crippen molar-refractivity contribution in [1.82, 2.24) is 10.1 Å². The lowest BCUT2D eigenvalue weighted by atomic mass is 10.2. The van der Waals surface area contributed by atoms with Crippen molar-refractivity contribution >= 4 is 28.6 Å². The van der Waals surface area contributed by atoms with Gasteiger partial charge in [-0.15, -0.1) is 11.3 Å². The summed E-state index contributed by atoms with van der Waals surface area (Å²) in [7, 11) is 0. The van der Waals surface area contributed by atoms with E-state index in [0.717, 1.165) is 10.6 Å². The highest BCUT2D eigenvalue weighted by molar-refractivity contribution is 7.13. The van der Waals surface area contributed by atoms with E-state index < -0.39 is 12.2 Å². The number of nitrogens with two attached hydrogens (primary N) is 1. The lowest BCUT2D eigenvalue weighted by molar-refractivity contribution is 0.345. The van der Waals surface area contributed by atoms with E-state index in [1.807, 2.05) is 29.6 Å². The largest absolute Gasteiger partial charge is 0.336 e. The van der Waals surface area contributed by atoms with Gasteiger partial charge in [0, 0.05) is 5.02 Å². The maximum Gasteiger partial charge on any atom is 0.257 e. The quantitative estimate of drug-likeness (QED) is 0.781. The molecule has 2 aromatic heterocycles. The molecular formula is C14H11ClN6OS. The number of nitrogens with zero attached hydrogens (tertiary/aromatic N) is 5. The third kappa shape index (κ3) is 2.61. The number of thiophene rings is 1. The van der Waals surface area contributed by atoms with Gasteiger partial charge in [-0.3, -0.25) is 0 Å². The molecule has 0 saturated carbocycles. The first-order valence-corrected chi connectivity index (χ1v) is 8.07. The van der Waals surface area contributed by atoms with Crippen LogP contribution in [-0.2, 0) is 0 Å². The number of benzene rings is 1. The summed E-state index contributed by atoms with van der Waals surface area (Å²) < 4.78 is 5.31. The first-order valence-electron chi connectivity index (χ1n) is 6.81. The topological polar surface area (TPSA) is 92.9 Å². The summed E-state index contributed by atoms with van der Waals surface area (Å²) in [6.45, 7) is 0. The standard InChI is InChI=1S/C14H11ClN6OS/c15-8-3-1-4-9(7-8)21-12(16)11(18-20-21)14-17-13(19-22-14)10-5-2-6-23-10/h1-7,11-12H,16H2. The van der Waals surface area contributed by atoms with Gasteiger partial charge in [-0.1, -0.05) is 34.1 Å². The second-order valence-corrected chi connectivity index (χ2v) is 6.28. The van der Waals surface area contributed by atoms with Crippen LogP contribution in [0.4, 0.5) is 5.69 Å². The summed E-state index contributed by atoms with van der Waals surface area (Å²) in [6, 6.07) is 10.6. The third-order valence-corrected chi connectivity index (χ3v) is 4.49. The average molecular weight is 347 g/mol. The molecule has 1 aromatic carbocycles. The van der Waals surface area contributed by atoms with E-state index in [1.54, 1.807) is 17.1 Å². The Balaban J connectivity index is 1.59. The lowest BCUT2D eigenvalue weighted by Crippen LogP contribution is -2.39. The fourth-order valence-electron chi connectivity index (χ4n) is 2.27. The molecule has 2 unspecified atom stereocenters. The summed E-state index contributed by atoms with van der Waals surface area (Å²) in [5.41, 5.74) is 6.99. The van der Waals surface area contributed by atoms with Crippen molar-refractivity contribution in [2.45, 2.75) is 12.2 Å². The zero-order valence-electron chi connectivity index (χ0n) is 11.7. The SMILES string of the molecule is NC1C(c2nc(-c3cccs3)no2)N=NN1c1cccc(Cl)c1.